The summed E-state index contributed by atoms with van der Waals surface area (Å²) in [4.78, 5) is 47.3. The summed E-state index contributed by atoms with van der Waals surface area (Å²) in [5.41, 5.74) is 0.0162. The molecule has 2 amide bonds. The normalized spacial score (nSPS) is 14.3. The van der Waals surface area contributed by atoms with Gasteiger partial charge in [-0.25, -0.2) is 0 Å². The van der Waals surface area contributed by atoms with Crippen LogP contribution in [-0.2, 0) is 11.2 Å². The van der Waals surface area contributed by atoms with Crippen molar-refractivity contribution in [1.82, 2.24) is 4.90 Å². The molecule has 3 rings (SSSR count). The van der Waals surface area contributed by atoms with Gasteiger partial charge in [-0.1, -0.05) is 30.3 Å². The van der Waals surface area contributed by atoms with E-state index in [4.69, 9.17) is 0 Å². The minimum absolute atomic E-state index is 0.0603. The number of carboxylic acids is 1. The fourth-order valence-corrected chi connectivity index (χ4v) is 2.76. The third kappa shape index (κ3) is 2.85. The van der Waals surface area contributed by atoms with E-state index in [2.05, 4.69) is 0 Å². The minimum atomic E-state index is -1.58. The average Bonchev–Trinajstić information content (AvgIpc) is 2.84. The van der Waals surface area contributed by atoms with Gasteiger partial charge in [0.25, 0.3) is 17.5 Å². The minimum Gasteiger partial charge on any atom is -0.548 e. The van der Waals surface area contributed by atoms with E-state index < -0.39 is 28.7 Å². The summed E-state index contributed by atoms with van der Waals surface area (Å²) < 4.78 is 0. The molecule has 0 radical (unpaired) electrons. The summed E-state index contributed by atoms with van der Waals surface area (Å²) in [7, 11) is 0. The van der Waals surface area contributed by atoms with Gasteiger partial charge in [-0.05, 0) is 18.1 Å². The standard InChI is InChI=1S/C17H12N2O6/c20-15-12-7-6-11(19(24)25)9-13(12)16(21)18(15)14(17(22)23)8-10-4-2-1-3-5-10/h1-7,9,14H,8H2,(H,22,23)/p-1/t14-/m0/s1. The van der Waals surface area contributed by atoms with Gasteiger partial charge in [-0.3, -0.25) is 24.6 Å². The number of non-ortho nitro benzene ring substituents is 1. The molecule has 1 heterocycles. The van der Waals surface area contributed by atoms with Gasteiger partial charge < -0.3 is 9.90 Å². The van der Waals surface area contributed by atoms with Crippen LogP contribution in [0.3, 0.4) is 0 Å². The lowest BCUT2D eigenvalue weighted by Crippen LogP contribution is -2.51. The molecular weight excluding hydrogens is 328 g/mol. The molecule has 0 N–H and O–H groups in total. The van der Waals surface area contributed by atoms with Crippen LogP contribution in [-0.4, -0.2) is 33.6 Å². The molecule has 0 aromatic heterocycles. The van der Waals surface area contributed by atoms with Gasteiger partial charge in [0.2, 0.25) is 0 Å². The van der Waals surface area contributed by atoms with E-state index in [0.29, 0.717) is 10.5 Å². The number of aliphatic carboxylic acids is 1. The fraction of sp³-hybridized carbons (Fsp3) is 0.118. The number of hydrogen-bond donors (Lipinski definition) is 0. The Balaban J connectivity index is 1.98. The van der Waals surface area contributed by atoms with E-state index in [0.717, 1.165) is 18.2 Å². The van der Waals surface area contributed by atoms with Gasteiger partial charge in [0.1, 0.15) is 0 Å². The molecule has 0 unspecified atom stereocenters. The largest absolute Gasteiger partial charge is 0.548 e. The first-order valence-electron chi connectivity index (χ1n) is 7.31. The molecule has 25 heavy (non-hydrogen) atoms. The maximum atomic E-state index is 12.5. The Morgan fingerprint density at radius 1 is 1.04 bits per heavy atom. The summed E-state index contributed by atoms with van der Waals surface area (Å²) in [5, 5.41) is 22.4. The van der Waals surface area contributed by atoms with Crippen molar-refractivity contribution in [2.75, 3.05) is 0 Å². The summed E-state index contributed by atoms with van der Waals surface area (Å²) in [5.74, 6) is -3.26. The first-order valence-corrected chi connectivity index (χ1v) is 7.31. The number of amides is 2. The number of rotatable bonds is 5. The Morgan fingerprint density at radius 3 is 2.28 bits per heavy atom. The van der Waals surface area contributed by atoms with E-state index in [1.807, 2.05) is 0 Å². The van der Waals surface area contributed by atoms with E-state index in [1.54, 1.807) is 30.3 Å². The molecule has 2 aromatic carbocycles. The Morgan fingerprint density at radius 2 is 1.68 bits per heavy atom. The van der Waals surface area contributed by atoms with Crippen molar-refractivity contribution in [3.8, 4) is 0 Å². The van der Waals surface area contributed by atoms with Gasteiger partial charge in [0, 0.05) is 12.1 Å². The Kier molecular flexibility index (Phi) is 4.02. The van der Waals surface area contributed by atoms with Crippen molar-refractivity contribution in [3.05, 3.63) is 75.3 Å². The maximum absolute atomic E-state index is 12.5. The van der Waals surface area contributed by atoms with E-state index in [-0.39, 0.29) is 23.2 Å². The number of benzene rings is 2. The van der Waals surface area contributed by atoms with E-state index in [9.17, 15) is 29.6 Å². The highest BCUT2D eigenvalue weighted by atomic mass is 16.6. The molecular formula is C17H11N2O6-. The van der Waals surface area contributed by atoms with E-state index >= 15 is 0 Å². The zero-order chi connectivity index (χ0) is 18.1. The number of carbonyl (C=O) groups excluding carboxylic acids is 3. The van der Waals surface area contributed by atoms with Crippen LogP contribution in [0.2, 0.25) is 0 Å². The smallest absolute Gasteiger partial charge is 0.270 e. The molecule has 0 saturated carbocycles. The molecule has 0 saturated heterocycles. The van der Waals surface area contributed by atoms with Crippen LogP contribution in [0, 0.1) is 10.1 Å². The van der Waals surface area contributed by atoms with Crippen molar-refractivity contribution in [1.29, 1.82) is 0 Å². The van der Waals surface area contributed by atoms with Crippen molar-refractivity contribution in [2.24, 2.45) is 0 Å². The molecule has 0 fully saturated rings. The van der Waals surface area contributed by atoms with Crippen LogP contribution in [0.4, 0.5) is 5.69 Å². The topological polar surface area (TPSA) is 121 Å². The molecule has 8 heteroatoms. The molecule has 1 atom stereocenters. The lowest BCUT2D eigenvalue weighted by atomic mass is 10.0. The third-order valence-electron chi connectivity index (χ3n) is 3.97. The van der Waals surface area contributed by atoms with Crippen molar-refractivity contribution >= 4 is 23.5 Å². The summed E-state index contributed by atoms with van der Waals surface area (Å²) >= 11 is 0. The molecule has 126 valence electrons. The van der Waals surface area contributed by atoms with Crippen molar-refractivity contribution in [2.45, 2.75) is 12.5 Å². The SMILES string of the molecule is O=C([O-])[C@H](Cc1ccccc1)N1C(=O)c2ccc([N+](=O)[O-])cc2C1=O. The number of nitrogens with zero attached hydrogens (tertiary/aromatic N) is 2. The summed E-state index contributed by atoms with van der Waals surface area (Å²) in [6, 6.07) is 10.2. The van der Waals surface area contributed by atoms with Crippen LogP contribution >= 0.6 is 0 Å². The zero-order valence-corrected chi connectivity index (χ0v) is 12.7. The average molecular weight is 339 g/mol. The van der Waals surface area contributed by atoms with Gasteiger partial charge in [0.05, 0.1) is 28.1 Å². The first kappa shape index (κ1) is 16.3. The number of hydrogen-bond acceptors (Lipinski definition) is 6. The van der Waals surface area contributed by atoms with Crippen molar-refractivity contribution < 1.29 is 24.4 Å². The predicted octanol–water partition coefficient (Wildman–Crippen LogP) is 0.552. The van der Waals surface area contributed by atoms with E-state index in [1.165, 1.54) is 0 Å². The van der Waals surface area contributed by atoms with Gasteiger partial charge >= 0.3 is 0 Å². The van der Waals surface area contributed by atoms with Crippen LogP contribution in [0.15, 0.2) is 48.5 Å². The van der Waals surface area contributed by atoms with Crippen LogP contribution in [0.25, 0.3) is 0 Å². The first-order chi connectivity index (χ1) is 11.9. The van der Waals surface area contributed by atoms with Crippen LogP contribution in [0.5, 0.6) is 0 Å². The molecule has 0 aliphatic carbocycles. The number of fused-ring (bicyclic) bond motifs is 1. The molecule has 1 aliphatic rings. The second-order valence-corrected chi connectivity index (χ2v) is 5.49. The lowest BCUT2D eigenvalue weighted by molar-refractivity contribution is -0.384. The Labute approximate surface area is 141 Å². The van der Waals surface area contributed by atoms with Crippen molar-refractivity contribution in [3.63, 3.8) is 0 Å². The number of imide groups is 1. The second kappa shape index (κ2) is 6.16. The molecule has 2 aromatic rings. The number of nitro groups is 1. The molecule has 0 bridgehead atoms. The summed E-state index contributed by atoms with van der Waals surface area (Å²) in [6.07, 6.45) is -0.114. The second-order valence-electron chi connectivity index (χ2n) is 5.49. The summed E-state index contributed by atoms with van der Waals surface area (Å²) in [6.45, 7) is 0. The molecule has 8 nitrogen and oxygen atoms in total. The van der Waals surface area contributed by atoms with Gasteiger partial charge in [-0.15, -0.1) is 0 Å². The predicted molar refractivity (Wildman–Crippen MR) is 82.5 cm³/mol. The highest BCUT2D eigenvalue weighted by Gasteiger charge is 2.41. The number of carboxylic acid groups (broad SMARTS) is 1. The van der Waals surface area contributed by atoms with Crippen LogP contribution in [0.1, 0.15) is 26.3 Å². The third-order valence-corrected chi connectivity index (χ3v) is 3.97. The Bertz CT molecular complexity index is 893. The molecule has 0 spiro atoms. The quantitative estimate of drug-likeness (QED) is 0.445. The highest BCUT2D eigenvalue weighted by Crippen LogP contribution is 2.29. The monoisotopic (exact) mass is 339 g/mol. The molecule has 1 aliphatic heterocycles. The van der Waals surface area contributed by atoms with Gasteiger partial charge in [-0.2, -0.15) is 0 Å². The Hall–Kier alpha value is -3.55. The number of carbonyl (C=O) groups is 3. The lowest BCUT2D eigenvalue weighted by Gasteiger charge is -2.27. The fourth-order valence-electron chi connectivity index (χ4n) is 2.76. The van der Waals surface area contributed by atoms with Crippen LogP contribution < -0.4 is 5.11 Å². The zero-order valence-electron chi connectivity index (χ0n) is 12.7. The number of nitro benzene ring substituents is 1. The highest BCUT2D eigenvalue weighted by molar-refractivity contribution is 6.22. The van der Waals surface area contributed by atoms with Gasteiger partial charge in [0.15, 0.2) is 0 Å². The maximum Gasteiger partial charge on any atom is 0.270 e.